The van der Waals surface area contributed by atoms with Crippen molar-refractivity contribution in [2.24, 2.45) is 0 Å². The third-order valence-electron chi connectivity index (χ3n) is 4.88. The molecule has 0 aromatic heterocycles. The highest BCUT2D eigenvalue weighted by atomic mass is 35.5. The van der Waals surface area contributed by atoms with Gasteiger partial charge in [0.1, 0.15) is 6.04 Å². The van der Waals surface area contributed by atoms with E-state index >= 15 is 0 Å². The van der Waals surface area contributed by atoms with Crippen LogP contribution in [0.4, 0.5) is 0 Å². The average molecular weight is 478 g/mol. The monoisotopic (exact) mass is 477 g/mol. The van der Waals surface area contributed by atoms with Gasteiger partial charge < -0.3 is 10.2 Å². The molecule has 2 rings (SSSR count). The van der Waals surface area contributed by atoms with Crippen LogP contribution in [0.15, 0.2) is 67.3 Å². The third kappa shape index (κ3) is 7.78. The number of amides is 2. The van der Waals surface area contributed by atoms with Gasteiger partial charge in [-0.15, -0.1) is 6.58 Å². The second-order valence-electron chi connectivity index (χ2n) is 7.41. The van der Waals surface area contributed by atoms with Gasteiger partial charge in [-0.25, -0.2) is 8.42 Å². The number of carbonyl (C=O) groups is 2. The van der Waals surface area contributed by atoms with E-state index in [-0.39, 0.29) is 32.0 Å². The number of halogens is 1. The highest BCUT2D eigenvalue weighted by Crippen LogP contribution is 2.17. The molecule has 2 aromatic rings. The molecule has 0 bridgehead atoms. The lowest BCUT2D eigenvalue weighted by atomic mass is 10.0. The van der Waals surface area contributed by atoms with E-state index in [1.165, 1.54) is 11.9 Å². The SMILES string of the molecule is C=CCNC(=O)C(Cc1ccccc1)N(Cc1ccc(Cl)cc1)C(=O)CN(C)S(C)(=O)=O. The van der Waals surface area contributed by atoms with Gasteiger partial charge in [0.05, 0.1) is 12.8 Å². The molecule has 0 aliphatic heterocycles. The van der Waals surface area contributed by atoms with E-state index in [1.54, 1.807) is 30.3 Å². The molecule has 0 spiro atoms. The molecule has 0 aliphatic rings. The van der Waals surface area contributed by atoms with Crippen LogP contribution in [0, 0.1) is 0 Å². The quantitative estimate of drug-likeness (QED) is 0.504. The molecule has 1 atom stereocenters. The van der Waals surface area contributed by atoms with E-state index in [9.17, 15) is 18.0 Å². The first-order chi connectivity index (χ1) is 15.1. The summed E-state index contributed by atoms with van der Waals surface area (Å²) in [6.45, 7) is 3.60. The molecule has 172 valence electrons. The second-order valence-corrected chi connectivity index (χ2v) is 9.93. The van der Waals surface area contributed by atoms with Crippen molar-refractivity contribution in [3.05, 3.63) is 83.4 Å². The van der Waals surface area contributed by atoms with Crippen LogP contribution >= 0.6 is 11.6 Å². The van der Waals surface area contributed by atoms with Gasteiger partial charge in [0.25, 0.3) is 0 Å². The van der Waals surface area contributed by atoms with Crippen molar-refractivity contribution < 1.29 is 18.0 Å². The third-order valence-corrected chi connectivity index (χ3v) is 6.40. The minimum atomic E-state index is -3.57. The first-order valence-electron chi connectivity index (χ1n) is 9.99. The summed E-state index contributed by atoms with van der Waals surface area (Å²) in [6.07, 6.45) is 2.86. The molecule has 0 fully saturated rings. The van der Waals surface area contributed by atoms with Crippen molar-refractivity contribution in [1.82, 2.24) is 14.5 Å². The van der Waals surface area contributed by atoms with Gasteiger partial charge in [-0.05, 0) is 23.3 Å². The molecular weight excluding hydrogens is 450 g/mol. The highest BCUT2D eigenvalue weighted by Gasteiger charge is 2.31. The molecule has 1 unspecified atom stereocenters. The van der Waals surface area contributed by atoms with Crippen molar-refractivity contribution >= 4 is 33.4 Å². The van der Waals surface area contributed by atoms with Crippen LogP contribution in [0.1, 0.15) is 11.1 Å². The zero-order chi connectivity index (χ0) is 23.7. The van der Waals surface area contributed by atoms with Gasteiger partial charge in [-0.3, -0.25) is 9.59 Å². The van der Waals surface area contributed by atoms with Crippen molar-refractivity contribution in [2.75, 3.05) is 26.4 Å². The molecule has 7 nitrogen and oxygen atoms in total. The minimum Gasteiger partial charge on any atom is -0.351 e. The summed E-state index contributed by atoms with van der Waals surface area (Å²) in [6, 6.07) is 15.4. The van der Waals surface area contributed by atoms with E-state index in [1.807, 2.05) is 30.3 Å². The topological polar surface area (TPSA) is 86.8 Å². The van der Waals surface area contributed by atoms with E-state index in [0.29, 0.717) is 5.02 Å². The number of likely N-dealkylation sites (N-methyl/N-ethyl adjacent to an activating group) is 1. The number of benzene rings is 2. The van der Waals surface area contributed by atoms with E-state index in [0.717, 1.165) is 21.7 Å². The number of hydrogen-bond donors (Lipinski definition) is 1. The summed E-state index contributed by atoms with van der Waals surface area (Å²) in [7, 11) is -2.24. The van der Waals surface area contributed by atoms with Crippen molar-refractivity contribution in [3.8, 4) is 0 Å². The molecule has 0 aliphatic carbocycles. The molecule has 0 saturated heterocycles. The van der Waals surface area contributed by atoms with Crippen molar-refractivity contribution in [3.63, 3.8) is 0 Å². The Morgan fingerprint density at radius 1 is 1.09 bits per heavy atom. The standard InChI is InChI=1S/C23H28ClN3O4S/c1-4-14-25-23(29)21(15-18-8-6-5-7-9-18)27(16-19-10-12-20(24)13-11-19)22(28)17-26(2)32(3,30)31/h4-13,21H,1,14-17H2,2-3H3,(H,25,29). The normalized spacial score (nSPS) is 12.2. The molecule has 2 amide bonds. The fourth-order valence-corrected chi connectivity index (χ4v) is 3.50. The van der Waals surface area contributed by atoms with Crippen LogP contribution in [-0.2, 0) is 32.6 Å². The van der Waals surface area contributed by atoms with Gasteiger partial charge in [0, 0.05) is 31.6 Å². The smallest absolute Gasteiger partial charge is 0.243 e. The molecule has 2 aromatic carbocycles. The maximum Gasteiger partial charge on any atom is 0.243 e. The first-order valence-corrected chi connectivity index (χ1v) is 12.2. The molecule has 9 heteroatoms. The van der Waals surface area contributed by atoms with Crippen LogP contribution in [-0.4, -0.2) is 61.9 Å². The molecule has 0 saturated carbocycles. The summed E-state index contributed by atoms with van der Waals surface area (Å²) in [5.41, 5.74) is 1.64. The molecule has 32 heavy (non-hydrogen) atoms. The molecule has 0 radical (unpaired) electrons. The van der Waals surface area contributed by atoms with Crippen LogP contribution in [0.2, 0.25) is 5.02 Å². The van der Waals surface area contributed by atoms with Crippen LogP contribution in [0.3, 0.4) is 0 Å². The Morgan fingerprint density at radius 2 is 1.72 bits per heavy atom. The van der Waals surface area contributed by atoms with Gasteiger partial charge in [0.15, 0.2) is 0 Å². The van der Waals surface area contributed by atoms with Crippen molar-refractivity contribution in [1.29, 1.82) is 0 Å². The van der Waals surface area contributed by atoms with Crippen LogP contribution in [0.5, 0.6) is 0 Å². The highest BCUT2D eigenvalue weighted by molar-refractivity contribution is 7.88. The van der Waals surface area contributed by atoms with E-state index in [2.05, 4.69) is 11.9 Å². The lowest BCUT2D eigenvalue weighted by Gasteiger charge is -2.32. The summed E-state index contributed by atoms with van der Waals surface area (Å²) >= 11 is 5.98. The van der Waals surface area contributed by atoms with Gasteiger partial charge >= 0.3 is 0 Å². The Labute approximate surface area is 194 Å². The van der Waals surface area contributed by atoms with Gasteiger partial charge in [-0.1, -0.05) is 60.1 Å². The number of nitrogens with one attached hydrogen (secondary N) is 1. The average Bonchev–Trinajstić information content (AvgIpc) is 2.75. The number of carbonyl (C=O) groups excluding carboxylic acids is 2. The summed E-state index contributed by atoms with van der Waals surface area (Å²) in [5.74, 6) is -0.833. The second kappa shape index (κ2) is 11.8. The summed E-state index contributed by atoms with van der Waals surface area (Å²) < 4.78 is 24.7. The predicted molar refractivity (Wildman–Crippen MR) is 127 cm³/mol. The lowest BCUT2D eigenvalue weighted by Crippen LogP contribution is -2.53. The van der Waals surface area contributed by atoms with E-state index < -0.39 is 22.0 Å². The largest absolute Gasteiger partial charge is 0.351 e. The number of rotatable bonds is 11. The Balaban J connectivity index is 2.42. The van der Waals surface area contributed by atoms with E-state index in [4.69, 9.17) is 11.6 Å². The minimum absolute atomic E-state index is 0.118. The maximum atomic E-state index is 13.3. The van der Waals surface area contributed by atoms with Crippen molar-refractivity contribution in [2.45, 2.75) is 19.0 Å². The molecular formula is C23H28ClN3O4S. The Bertz CT molecular complexity index is 1030. The Morgan fingerprint density at radius 3 is 2.28 bits per heavy atom. The number of nitrogens with zero attached hydrogens (tertiary/aromatic N) is 2. The fraction of sp³-hybridized carbons (Fsp3) is 0.304. The van der Waals surface area contributed by atoms with Crippen LogP contribution < -0.4 is 5.32 Å². The fourth-order valence-electron chi connectivity index (χ4n) is 3.03. The maximum absolute atomic E-state index is 13.3. The molecule has 0 heterocycles. The van der Waals surface area contributed by atoms with Gasteiger partial charge in [0.2, 0.25) is 21.8 Å². The summed E-state index contributed by atoms with van der Waals surface area (Å²) in [4.78, 5) is 27.8. The van der Waals surface area contributed by atoms with Crippen LogP contribution in [0.25, 0.3) is 0 Å². The van der Waals surface area contributed by atoms with Gasteiger partial charge in [-0.2, -0.15) is 4.31 Å². The Hall–Kier alpha value is -2.68. The summed E-state index contributed by atoms with van der Waals surface area (Å²) in [5, 5.41) is 3.31. The zero-order valence-corrected chi connectivity index (χ0v) is 19.8. The molecule has 1 N–H and O–H groups in total. The first kappa shape index (κ1) is 25.6. The predicted octanol–water partition coefficient (Wildman–Crippen LogP) is 2.47. The number of sulfonamides is 1. The zero-order valence-electron chi connectivity index (χ0n) is 18.2. The number of hydrogen-bond acceptors (Lipinski definition) is 4. The Kier molecular flexibility index (Phi) is 9.43. The lowest BCUT2D eigenvalue weighted by molar-refractivity contribution is -0.141.